The van der Waals surface area contributed by atoms with Crippen molar-refractivity contribution in [1.82, 2.24) is 14.5 Å². The maximum absolute atomic E-state index is 13.4. The maximum atomic E-state index is 13.4. The number of ether oxygens (including phenoxy) is 2. The van der Waals surface area contributed by atoms with Crippen LogP contribution in [-0.2, 0) is 7.05 Å². The van der Waals surface area contributed by atoms with Crippen LogP contribution >= 0.6 is 11.3 Å². The van der Waals surface area contributed by atoms with Crippen LogP contribution in [0.5, 0.6) is 17.2 Å². The maximum Gasteiger partial charge on any atom is 0.261 e. The average molecular weight is 513 g/mol. The Bertz CT molecular complexity index is 1680. The third kappa shape index (κ3) is 4.56. The molecule has 0 spiro atoms. The van der Waals surface area contributed by atoms with Gasteiger partial charge in [0.25, 0.3) is 5.91 Å². The van der Waals surface area contributed by atoms with Gasteiger partial charge in [0, 0.05) is 47.3 Å². The monoisotopic (exact) mass is 512 g/mol. The summed E-state index contributed by atoms with van der Waals surface area (Å²) in [5.74, 6) is 1.26. The van der Waals surface area contributed by atoms with E-state index in [4.69, 9.17) is 9.47 Å². The molecule has 186 valence electrons. The van der Waals surface area contributed by atoms with Crippen molar-refractivity contribution in [2.45, 2.75) is 13.8 Å². The molecule has 0 bridgehead atoms. The van der Waals surface area contributed by atoms with Gasteiger partial charge in [-0.1, -0.05) is 6.07 Å². The van der Waals surface area contributed by atoms with E-state index in [0.29, 0.717) is 45.2 Å². The van der Waals surface area contributed by atoms with Crippen LogP contribution in [0.15, 0.2) is 71.1 Å². The molecule has 8 nitrogen and oxygen atoms in total. The molecule has 0 saturated carbocycles. The minimum absolute atomic E-state index is 0.126. The first-order valence-corrected chi connectivity index (χ1v) is 12.4. The van der Waals surface area contributed by atoms with E-state index in [1.807, 2.05) is 36.1 Å². The zero-order valence-electron chi connectivity index (χ0n) is 20.7. The standard InChI is InChI=1S/C28H24N4O4S/c1-16-24(23-6-5-13-37-23)27(33)25(17(2)32(16)3)28(34)31-18-7-9-19(10-8-18)36-22-11-12-29-21-14-20(35-4)15-30-26(21)22/h5-15H,1-4H3,(H,31,34). The molecule has 5 rings (SSSR count). The third-order valence-electron chi connectivity index (χ3n) is 6.27. The van der Waals surface area contributed by atoms with E-state index in [1.54, 1.807) is 62.8 Å². The highest BCUT2D eigenvalue weighted by molar-refractivity contribution is 7.13. The van der Waals surface area contributed by atoms with Gasteiger partial charge in [0.2, 0.25) is 5.43 Å². The molecule has 0 fully saturated rings. The van der Waals surface area contributed by atoms with Crippen molar-refractivity contribution in [2.75, 3.05) is 12.4 Å². The smallest absolute Gasteiger partial charge is 0.261 e. The number of carbonyl (C=O) groups excluding carboxylic acids is 1. The van der Waals surface area contributed by atoms with Crippen LogP contribution in [0.3, 0.4) is 0 Å². The lowest BCUT2D eigenvalue weighted by atomic mass is 10.0. The minimum atomic E-state index is -0.456. The SMILES string of the molecule is COc1cnc2c(Oc3ccc(NC(=O)c4c(C)n(C)c(C)c(-c5cccs5)c4=O)cc3)ccnc2c1. The average Bonchev–Trinajstić information content (AvgIpc) is 3.43. The van der Waals surface area contributed by atoms with Crippen molar-refractivity contribution in [2.24, 2.45) is 7.05 Å². The van der Waals surface area contributed by atoms with Gasteiger partial charge in [-0.3, -0.25) is 14.6 Å². The number of anilines is 1. The largest absolute Gasteiger partial charge is 0.495 e. The van der Waals surface area contributed by atoms with Gasteiger partial charge < -0.3 is 19.4 Å². The number of pyridine rings is 3. The summed E-state index contributed by atoms with van der Waals surface area (Å²) in [4.78, 5) is 36.2. The Labute approximate surface area is 217 Å². The Kier molecular flexibility index (Phi) is 6.45. The topological polar surface area (TPSA) is 95.3 Å². The fraction of sp³-hybridized carbons (Fsp3) is 0.143. The van der Waals surface area contributed by atoms with E-state index in [1.165, 1.54) is 11.3 Å². The minimum Gasteiger partial charge on any atom is -0.495 e. The molecule has 1 aromatic carbocycles. The predicted molar refractivity (Wildman–Crippen MR) is 145 cm³/mol. The number of thiophene rings is 1. The number of aromatic nitrogens is 3. The molecule has 0 saturated heterocycles. The summed E-state index contributed by atoms with van der Waals surface area (Å²) in [6.45, 7) is 3.67. The van der Waals surface area contributed by atoms with Crippen LogP contribution in [0.25, 0.3) is 21.5 Å². The second kappa shape index (κ2) is 9.87. The molecular weight excluding hydrogens is 488 g/mol. The highest BCUT2D eigenvalue weighted by Gasteiger charge is 2.22. The van der Waals surface area contributed by atoms with Gasteiger partial charge in [-0.15, -0.1) is 11.3 Å². The number of methoxy groups -OCH3 is 1. The van der Waals surface area contributed by atoms with Crippen molar-refractivity contribution >= 4 is 34.0 Å². The first-order chi connectivity index (χ1) is 17.9. The molecule has 37 heavy (non-hydrogen) atoms. The van der Waals surface area contributed by atoms with Gasteiger partial charge in [-0.05, 0) is 49.6 Å². The summed E-state index contributed by atoms with van der Waals surface area (Å²) < 4.78 is 13.1. The number of hydrogen-bond acceptors (Lipinski definition) is 7. The van der Waals surface area contributed by atoms with Crippen molar-refractivity contribution < 1.29 is 14.3 Å². The van der Waals surface area contributed by atoms with Crippen molar-refractivity contribution in [3.8, 4) is 27.7 Å². The van der Waals surface area contributed by atoms with Gasteiger partial charge in [-0.25, -0.2) is 4.98 Å². The molecular formula is C28H24N4O4S. The summed E-state index contributed by atoms with van der Waals surface area (Å²) >= 11 is 1.47. The Balaban J connectivity index is 1.39. The van der Waals surface area contributed by atoms with Gasteiger partial charge in [0.05, 0.1) is 24.4 Å². The van der Waals surface area contributed by atoms with E-state index >= 15 is 0 Å². The molecule has 1 amide bonds. The summed E-state index contributed by atoms with van der Waals surface area (Å²) in [6, 6.07) is 14.2. The highest BCUT2D eigenvalue weighted by atomic mass is 32.1. The number of benzene rings is 1. The fourth-order valence-electron chi connectivity index (χ4n) is 4.13. The first kappa shape index (κ1) is 24.2. The quantitative estimate of drug-likeness (QED) is 0.312. The number of amides is 1. The van der Waals surface area contributed by atoms with Crippen LogP contribution < -0.4 is 20.2 Å². The first-order valence-electron chi connectivity index (χ1n) is 11.5. The van der Waals surface area contributed by atoms with E-state index in [-0.39, 0.29) is 11.0 Å². The molecule has 5 aromatic rings. The number of carbonyl (C=O) groups is 1. The fourth-order valence-corrected chi connectivity index (χ4v) is 4.95. The Morgan fingerprint density at radius 2 is 1.81 bits per heavy atom. The number of fused-ring (bicyclic) bond motifs is 1. The van der Waals surface area contributed by atoms with Crippen molar-refractivity contribution in [1.29, 1.82) is 0 Å². The molecule has 0 atom stereocenters. The molecule has 4 heterocycles. The van der Waals surface area contributed by atoms with Crippen molar-refractivity contribution in [3.05, 3.63) is 93.5 Å². The zero-order valence-corrected chi connectivity index (χ0v) is 21.6. The predicted octanol–water partition coefficient (Wildman–Crippen LogP) is 5.73. The number of nitrogens with zero attached hydrogens (tertiary/aromatic N) is 3. The van der Waals surface area contributed by atoms with Crippen LogP contribution in [-0.4, -0.2) is 27.6 Å². The normalized spacial score (nSPS) is 10.9. The van der Waals surface area contributed by atoms with Crippen LogP contribution in [0.1, 0.15) is 21.7 Å². The van der Waals surface area contributed by atoms with Gasteiger partial charge in [-0.2, -0.15) is 0 Å². The Morgan fingerprint density at radius 1 is 1.03 bits per heavy atom. The second-order valence-corrected chi connectivity index (χ2v) is 9.37. The Morgan fingerprint density at radius 3 is 2.51 bits per heavy atom. The molecule has 1 N–H and O–H groups in total. The van der Waals surface area contributed by atoms with Crippen LogP contribution in [0.4, 0.5) is 5.69 Å². The summed E-state index contributed by atoms with van der Waals surface area (Å²) in [5.41, 5.74) is 3.62. The van der Waals surface area contributed by atoms with E-state index < -0.39 is 5.91 Å². The second-order valence-electron chi connectivity index (χ2n) is 8.42. The van der Waals surface area contributed by atoms with Gasteiger partial charge >= 0.3 is 0 Å². The zero-order chi connectivity index (χ0) is 26.1. The lowest BCUT2D eigenvalue weighted by Gasteiger charge is -2.17. The molecule has 0 radical (unpaired) electrons. The van der Waals surface area contributed by atoms with Gasteiger partial charge in [0.15, 0.2) is 5.75 Å². The molecule has 0 aliphatic rings. The highest BCUT2D eigenvalue weighted by Crippen LogP contribution is 2.30. The lowest BCUT2D eigenvalue weighted by Crippen LogP contribution is -2.28. The van der Waals surface area contributed by atoms with Crippen LogP contribution in [0.2, 0.25) is 0 Å². The molecule has 9 heteroatoms. The molecule has 4 aromatic heterocycles. The number of nitrogens with one attached hydrogen (secondary N) is 1. The molecule has 0 unspecified atom stereocenters. The third-order valence-corrected chi connectivity index (χ3v) is 7.16. The van der Waals surface area contributed by atoms with Crippen LogP contribution in [0, 0.1) is 13.8 Å². The van der Waals surface area contributed by atoms with E-state index in [2.05, 4.69) is 15.3 Å². The van der Waals surface area contributed by atoms with Crippen molar-refractivity contribution in [3.63, 3.8) is 0 Å². The summed E-state index contributed by atoms with van der Waals surface area (Å²) in [7, 11) is 3.43. The lowest BCUT2D eigenvalue weighted by molar-refractivity contribution is 0.102. The van der Waals surface area contributed by atoms with E-state index in [9.17, 15) is 9.59 Å². The van der Waals surface area contributed by atoms with E-state index in [0.717, 1.165) is 10.6 Å². The molecule has 0 aliphatic carbocycles. The molecule has 0 aliphatic heterocycles. The summed E-state index contributed by atoms with van der Waals surface area (Å²) in [6.07, 6.45) is 3.25. The Hall–Kier alpha value is -4.50. The number of rotatable bonds is 6. The van der Waals surface area contributed by atoms with Gasteiger partial charge in [0.1, 0.15) is 22.6 Å². The number of hydrogen-bond donors (Lipinski definition) is 1. The summed E-state index contributed by atoms with van der Waals surface area (Å²) in [5, 5.41) is 4.77.